The highest BCUT2D eigenvalue weighted by Gasteiger charge is 2.43. The Bertz CT molecular complexity index is 1190. The highest BCUT2D eigenvalue weighted by Crippen LogP contribution is 2.43. The first kappa shape index (κ1) is 25.3. The fraction of sp³-hybridized carbons (Fsp3) is 0.310. The lowest BCUT2D eigenvalue weighted by molar-refractivity contribution is -0.125. The third-order valence-corrected chi connectivity index (χ3v) is 8.01. The van der Waals surface area contributed by atoms with Crippen LogP contribution in [0.5, 0.6) is 0 Å². The summed E-state index contributed by atoms with van der Waals surface area (Å²) < 4.78 is 0. The molecule has 0 saturated carbocycles. The number of nitrogens with one attached hydrogen (secondary N) is 1. The summed E-state index contributed by atoms with van der Waals surface area (Å²) in [7, 11) is 0. The molecule has 3 atom stereocenters. The highest BCUT2D eigenvalue weighted by molar-refractivity contribution is 7.99. The molecule has 4 rings (SSSR count). The molecule has 2 amide bonds. The molecule has 0 aromatic heterocycles. The van der Waals surface area contributed by atoms with Crippen molar-refractivity contribution in [2.24, 2.45) is 0 Å². The first-order valence-corrected chi connectivity index (χ1v) is 13.2. The van der Waals surface area contributed by atoms with Gasteiger partial charge in [-0.15, -0.1) is 11.8 Å². The summed E-state index contributed by atoms with van der Waals surface area (Å²) in [6, 6.07) is 24.4. The van der Waals surface area contributed by atoms with Crippen LogP contribution in [0.15, 0.2) is 78.9 Å². The van der Waals surface area contributed by atoms with E-state index in [4.69, 9.17) is 11.6 Å². The lowest BCUT2D eigenvalue weighted by Gasteiger charge is -2.30. The number of hydrogen-bond acceptors (Lipinski definition) is 3. The second-order valence-corrected chi connectivity index (χ2v) is 11.4. The van der Waals surface area contributed by atoms with Gasteiger partial charge in [0, 0.05) is 5.75 Å². The minimum Gasteiger partial charge on any atom is -0.348 e. The minimum atomic E-state index is -0.609. The molecule has 0 aliphatic carbocycles. The van der Waals surface area contributed by atoms with Gasteiger partial charge in [-0.1, -0.05) is 99.1 Å². The maximum atomic E-state index is 13.8. The number of carbonyl (C=O) groups excluding carboxylic acids is 2. The van der Waals surface area contributed by atoms with Crippen LogP contribution in [0.2, 0.25) is 5.02 Å². The van der Waals surface area contributed by atoms with Gasteiger partial charge in [-0.2, -0.15) is 0 Å². The van der Waals surface area contributed by atoms with Gasteiger partial charge in [-0.3, -0.25) is 9.59 Å². The summed E-state index contributed by atoms with van der Waals surface area (Å²) in [6.45, 7) is 8.48. The number of amides is 2. The molecule has 3 aromatic rings. The molecule has 1 saturated heterocycles. The summed E-state index contributed by atoms with van der Waals surface area (Å²) in [5.74, 6) is 0.107. The maximum Gasteiger partial charge on any atom is 0.257 e. The van der Waals surface area contributed by atoms with E-state index < -0.39 is 6.04 Å². The third-order valence-electron chi connectivity index (χ3n) is 6.36. The molecular weight excluding hydrogens is 476 g/mol. The summed E-state index contributed by atoms with van der Waals surface area (Å²) in [5, 5.41) is 3.21. The van der Waals surface area contributed by atoms with Crippen LogP contribution in [-0.2, 0) is 10.2 Å². The molecule has 1 N–H and O–H groups in total. The van der Waals surface area contributed by atoms with Crippen molar-refractivity contribution in [2.75, 3.05) is 5.75 Å². The Labute approximate surface area is 217 Å². The number of thioether (sulfide) groups is 1. The van der Waals surface area contributed by atoms with Crippen LogP contribution in [0.3, 0.4) is 0 Å². The fourth-order valence-electron chi connectivity index (χ4n) is 4.27. The van der Waals surface area contributed by atoms with Crippen molar-refractivity contribution in [3.8, 4) is 0 Å². The molecular formula is C29H31ClN2O2S. The van der Waals surface area contributed by atoms with Crippen LogP contribution in [0.25, 0.3) is 0 Å². The zero-order chi connectivity index (χ0) is 25.2. The van der Waals surface area contributed by atoms with E-state index in [0.29, 0.717) is 16.3 Å². The van der Waals surface area contributed by atoms with E-state index in [-0.39, 0.29) is 28.6 Å². The molecule has 0 spiro atoms. The van der Waals surface area contributed by atoms with E-state index in [1.165, 1.54) is 5.56 Å². The summed E-state index contributed by atoms with van der Waals surface area (Å²) >= 11 is 8.01. The van der Waals surface area contributed by atoms with Gasteiger partial charge in [-0.25, -0.2) is 0 Å². The topological polar surface area (TPSA) is 49.4 Å². The molecule has 0 bridgehead atoms. The van der Waals surface area contributed by atoms with Gasteiger partial charge in [-0.05, 0) is 41.2 Å². The quantitative estimate of drug-likeness (QED) is 0.415. The molecule has 6 heteroatoms. The van der Waals surface area contributed by atoms with Gasteiger partial charge < -0.3 is 10.2 Å². The van der Waals surface area contributed by atoms with Gasteiger partial charge in [0.2, 0.25) is 5.91 Å². The van der Waals surface area contributed by atoms with Crippen LogP contribution in [0.4, 0.5) is 0 Å². The zero-order valence-electron chi connectivity index (χ0n) is 20.5. The Morgan fingerprint density at radius 2 is 1.60 bits per heavy atom. The number of rotatable bonds is 5. The van der Waals surface area contributed by atoms with Crippen molar-refractivity contribution in [3.05, 3.63) is 106 Å². The molecule has 1 heterocycles. The van der Waals surface area contributed by atoms with Gasteiger partial charge in [0.1, 0.15) is 11.4 Å². The SMILES string of the molecule is CC(NC(=O)C1CSC(c2ccc(C(C)(C)C)cc2)N1C(=O)c1ccccc1Cl)c1ccccc1. The largest absolute Gasteiger partial charge is 0.348 e. The van der Waals surface area contributed by atoms with Crippen LogP contribution in [0.1, 0.15) is 66.2 Å². The smallest absolute Gasteiger partial charge is 0.257 e. The van der Waals surface area contributed by atoms with Crippen LogP contribution in [0, 0.1) is 0 Å². The predicted octanol–water partition coefficient (Wildman–Crippen LogP) is 6.77. The predicted molar refractivity (Wildman–Crippen MR) is 145 cm³/mol. The second kappa shape index (κ2) is 10.5. The molecule has 35 heavy (non-hydrogen) atoms. The maximum absolute atomic E-state index is 13.8. The number of carbonyl (C=O) groups is 2. The average molecular weight is 507 g/mol. The van der Waals surface area contributed by atoms with E-state index in [9.17, 15) is 9.59 Å². The number of benzene rings is 3. The normalized spacial score (nSPS) is 18.8. The lowest BCUT2D eigenvalue weighted by Crippen LogP contribution is -2.48. The average Bonchev–Trinajstić information content (AvgIpc) is 3.29. The Hall–Kier alpha value is -2.76. The van der Waals surface area contributed by atoms with E-state index >= 15 is 0 Å². The molecule has 1 fully saturated rings. The summed E-state index contributed by atoms with van der Waals surface area (Å²) in [6.07, 6.45) is 0. The van der Waals surface area contributed by atoms with Crippen molar-refractivity contribution in [1.29, 1.82) is 0 Å². The number of hydrogen-bond donors (Lipinski definition) is 1. The highest BCUT2D eigenvalue weighted by atomic mass is 35.5. The standard InChI is InChI=1S/C29H31ClN2O2S/c1-19(20-10-6-5-7-11-20)31-26(33)25-18-35-28(21-14-16-22(17-15-21)29(2,3)4)32(25)27(34)23-12-8-9-13-24(23)30/h5-17,19,25,28H,18H2,1-4H3,(H,31,33). The molecule has 0 radical (unpaired) electrons. The fourth-order valence-corrected chi connectivity index (χ4v) is 5.92. The first-order chi connectivity index (χ1) is 16.7. The van der Waals surface area contributed by atoms with E-state index in [0.717, 1.165) is 11.1 Å². The Morgan fingerprint density at radius 1 is 0.971 bits per heavy atom. The van der Waals surface area contributed by atoms with Crippen molar-refractivity contribution in [1.82, 2.24) is 10.2 Å². The molecule has 4 nitrogen and oxygen atoms in total. The second-order valence-electron chi connectivity index (χ2n) is 9.91. The summed E-state index contributed by atoms with van der Waals surface area (Å²) in [4.78, 5) is 29.0. The molecule has 3 aromatic carbocycles. The molecule has 1 aliphatic heterocycles. The van der Waals surface area contributed by atoms with Crippen LogP contribution in [-0.4, -0.2) is 28.5 Å². The lowest BCUT2D eigenvalue weighted by atomic mass is 9.86. The van der Waals surface area contributed by atoms with E-state index in [1.807, 2.05) is 37.3 Å². The third kappa shape index (κ3) is 5.57. The summed E-state index contributed by atoms with van der Waals surface area (Å²) in [5.41, 5.74) is 3.67. The van der Waals surface area contributed by atoms with Crippen LogP contribution < -0.4 is 5.32 Å². The van der Waals surface area contributed by atoms with Crippen LogP contribution >= 0.6 is 23.4 Å². The Morgan fingerprint density at radius 3 is 2.23 bits per heavy atom. The first-order valence-electron chi connectivity index (χ1n) is 11.8. The van der Waals surface area contributed by atoms with E-state index in [1.54, 1.807) is 40.9 Å². The van der Waals surface area contributed by atoms with Crippen molar-refractivity contribution < 1.29 is 9.59 Å². The molecule has 3 unspecified atom stereocenters. The van der Waals surface area contributed by atoms with Crippen molar-refractivity contribution in [2.45, 2.75) is 50.6 Å². The monoisotopic (exact) mass is 506 g/mol. The minimum absolute atomic E-state index is 0.0322. The van der Waals surface area contributed by atoms with Crippen molar-refractivity contribution in [3.63, 3.8) is 0 Å². The zero-order valence-corrected chi connectivity index (χ0v) is 22.1. The Kier molecular flexibility index (Phi) is 7.58. The Balaban J connectivity index is 1.65. The molecule has 182 valence electrons. The van der Waals surface area contributed by atoms with Gasteiger partial charge in [0.05, 0.1) is 16.6 Å². The van der Waals surface area contributed by atoms with Gasteiger partial charge in [0.15, 0.2) is 0 Å². The number of nitrogens with zero attached hydrogens (tertiary/aromatic N) is 1. The number of halogens is 1. The van der Waals surface area contributed by atoms with Gasteiger partial charge >= 0.3 is 0 Å². The molecule has 1 aliphatic rings. The van der Waals surface area contributed by atoms with Gasteiger partial charge in [0.25, 0.3) is 5.91 Å². The van der Waals surface area contributed by atoms with E-state index in [2.05, 4.69) is 50.4 Å². The van der Waals surface area contributed by atoms with Crippen molar-refractivity contribution >= 4 is 35.2 Å².